The third kappa shape index (κ3) is 5.33. The van der Waals surface area contributed by atoms with Crippen LogP contribution >= 0.6 is 0 Å². The highest BCUT2D eigenvalue weighted by molar-refractivity contribution is 5.76. The predicted octanol–water partition coefficient (Wildman–Crippen LogP) is -1.20. The van der Waals surface area contributed by atoms with Crippen LogP contribution in [0.4, 0.5) is 0 Å². The molecule has 0 spiro atoms. The molecular formula is C5H14N4O. The van der Waals surface area contributed by atoms with Gasteiger partial charge < -0.3 is 11.5 Å². The van der Waals surface area contributed by atoms with Gasteiger partial charge in [0.05, 0.1) is 6.61 Å². The smallest absolute Gasteiger partial charge is 0.213 e. The van der Waals surface area contributed by atoms with E-state index in [4.69, 9.17) is 16.3 Å². The minimum absolute atomic E-state index is 0.288. The van der Waals surface area contributed by atoms with E-state index in [-0.39, 0.29) is 5.96 Å². The van der Waals surface area contributed by atoms with Crippen molar-refractivity contribution >= 4 is 5.96 Å². The summed E-state index contributed by atoms with van der Waals surface area (Å²) >= 11 is 0. The second-order valence-electron chi connectivity index (χ2n) is 1.60. The molecule has 0 unspecified atom stereocenters. The van der Waals surface area contributed by atoms with Crippen LogP contribution in [0.15, 0.2) is 4.99 Å². The van der Waals surface area contributed by atoms with E-state index in [0.29, 0.717) is 19.7 Å². The molecule has 60 valence electrons. The van der Waals surface area contributed by atoms with Gasteiger partial charge in [-0.3, -0.25) is 9.83 Å². The van der Waals surface area contributed by atoms with Crippen LogP contribution in [-0.2, 0) is 4.84 Å². The van der Waals surface area contributed by atoms with Crippen molar-refractivity contribution in [2.45, 2.75) is 6.92 Å². The molecule has 0 aliphatic rings. The topological polar surface area (TPSA) is 85.7 Å². The quantitative estimate of drug-likeness (QED) is 0.201. The zero-order valence-electron chi connectivity index (χ0n) is 6.13. The maximum atomic E-state index is 5.30. The van der Waals surface area contributed by atoms with Gasteiger partial charge in [0, 0.05) is 13.1 Å². The van der Waals surface area contributed by atoms with Crippen LogP contribution in [0.5, 0.6) is 0 Å². The number of hydroxylamine groups is 1. The van der Waals surface area contributed by atoms with Crippen molar-refractivity contribution in [3.63, 3.8) is 0 Å². The molecule has 0 fully saturated rings. The van der Waals surface area contributed by atoms with Gasteiger partial charge >= 0.3 is 0 Å². The Hall–Kier alpha value is -0.810. The molecule has 0 aromatic heterocycles. The molecule has 0 bridgehead atoms. The second-order valence-corrected chi connectivity index (χ2v) is 1.60. The number of hydrogen-bond donors (Lipinski definition) is 3. The van der Waals surface area contributed by atoms with E-state index in [0.717, 1.165) is 0 Å². The van der Waals surface area contributed by atoms with Crippen LogP contribution in [0.25, 0.3) is 0 Å². The Morgan fingerprint density at radius 2 is 2.40 bits per heavy atom. The van der Waals surface area contributed by atoms with E-state index in [1.54, 1.807) is 0 Å². The lowest BCUT2D eigenvalue weighted by atomic mass is 10.7. The summed E-state index contributed by atoms with van der Waals surface area (Å²) in [6.45, 7) is 3.43. The number of nitrogens with two attached hydrogens (primary N) is 2. The Morgan fingerprint density at radius 3 is 2.90 bits per heavy atom. The van der Waals surface area contributed by atoms with E-state index in [1.807, 2.05) is 6.92 Å². The van der Waals surface area contributed by atoms with Gasteiger partial charge in [-0.2, -0.15) is 0 Å². The molecule has 0 aromatic rings. The van der Waals surface area contributed by atoms with Gasteiger partial charge in [-0.25, -0.2) is 5.48 Å². The first-order valence-corrected chi connectivity index (χ1v) is 3.19. The van der Waals surface area contributed by atoms with Gasteiger partial charge in [-0.15, -0.1) is 0 Å². The fraction of sp³-hybridized carbons (Fsp3) is 0.800. The molecule has 0 rings (SSSR count). The maximum Gasteiger partial charge on any atom is 0.213 e. The molecular weight excluding hydrogens is 132 g/mol. The molecule has 0 amide bonds. The van der Waals surface area contributed by atoms with Crippen molar-refractivity contribution in [3.8, 4) is 0 Å². The molecule has 0 aliphatic carbocycles. The van der Waals surface area contributed by atoms with Crippen LogP contribution in [0.1, 0.15) is 6.92 Å². The van der Waals surface area contributed by atoms with E-state index >= 15 is 0 Å². The lowest BCUT2D eigenvalue weighted by Gasteiger charge is -2.02. The van der Waals surface area contributed by atoms with Crippen LogP contribution < -0.4 is 16.9 Å². The zero-order chi connectivity index (χ0) is 7.82. The molecule has 5 nitrogen and oxygen atoms in total. The third-order valence-corrected chi connectivity index (χ3v) is 0.725. The van der Waals surface area contributed by atoms with Crippen molar-refractivity contribution in [1.82, 2.24) is 5.48 Å². The van der Waals surface area contributed by atoms with Gasteiger partial charge in [0.15, 0.2) is 0 Å². The summed E-state index contributed by atoms with van der Waals surface area (Å²) in [5.41, 5.74) is 12.9. The van der Waals surface area contributed by atoms with Gasteiger partial charge in [0.25, 0.3) is 0 Å². The van der Waals surface area contributed by atoms with Crippen molar-refractivity contribution in [2.24, 2.45) is 16.5 Å². The summed E-state index contributed by atoms with van der Waals surface area (Å²) in [6.07, 6.45) is 0. The normalized spacial score (nSPS) is 11.6. The zero-order valence-corrected chi connectivity index (χ0v) is 6.13. The van der Waals surface area contributed by atoms with Gasteiger partial charge in [-0.05, 0) is 6.92 Å². The summed E-state index contributed by atoms with van der Waals surface area (Å²) in [6, 6.07) is 0. The molecule has 0 radical (unpaired) electrons. The molecule has 5 heteroatoms. The maximum absolute atomic E-state index is 5.30. The van der Waals surface area contributed by atoms with Crippen molar-refractivity contribution in [3.05, 3.63) is 0 Å². The van der Waals surface area contributed by atoms with Crippen LogP contribution in [0, 0.1) is 0 Å². The minimum Gasteiger partial charge on any atom is -0.368 e. The Morgan fingerprint density at radius 1 is 1.70 bits per heavy atom. The number of guanidine groups is 1. The van der Waals surface area contributed by atoms with Crippen molar-refractivity contribution < 1.29 is 4.84 Å². The second kappa shape index (κ2) is 6.31. The third-order valence-electron chi connectivity index (χ3n) is 0.725. The van der Waals surface area contributed by atoms with E-state index < -0.39 is 0 Å². The highest BCUT2D eigenvalue weighted by atomic mass is 16.6. The summed E-state index contributed by atoms with van der Waals surface area (Å²) in [4.78, 5) is 8.58. The first-order chi connectivity index (χ1) is 4.81. The number of aliphatic imine (C=N–C) groups is 1. The largest absolute Gasteiger partial charge is 0.368 e. The predicted molar refractivity (Wildman–Crippen MR) is 40.3 cm³/mol. The highest BCUT2D eigenvalue weighted by Crippen LogP contribution is 1.67. The summed E-state index contributed by atoms with van der Waals surface area (Å²) in [5, 5.41) is 0. The molecule has 0 aliphatic heterocycles. The molecule has 0 heterocycles. The summed E-state index contributed by atoms with van der Waals surface area (Å²) in [7, 11) is 0. The Balaban J connectivity index is 3.21. The Bertz CT molecular complexity index is 104. The van der Waals surface area contributed by atoms with Gasteiger partial charge in [0.2, 0.25) is 5.96 Å². The molecule has 10 heavy (non-hydrogen) atoms. The number of nitrogens with one attached hydrogen (secondary N) is 1. The fourth-order valence-electron chi connectivity index (χ4n) is 0.387. The Kier molecular flexibility index (Phi) is 5.80. The van der Waals surface area contributed by atoms with Crippen LogP contribution in [0.3, 0.4) is 0 Å². The van der Waals surface area contributed by atoms with Crippen LogP contribution in [-0.4, -0.2) is 25.7 Å². The fourth-order valence-corrected chi connectivity index (χ4v) is 0.387. The first kappa shape index (κ1) is 9.19. The molecule has 0 saturated heterocycles. The van der Waals surface area contributed by atoms with Gasteiger partial charge in [-0.1, -0.05) is 0 Å². The van der Waals surface area contributed by atoms with Gasteiger partial charge in [0.1, 0.15) is 0 Å². The standard InChI is InChI=1S/C5H14N4O/c1-2-8-5(7)9-10-4-3-6/h2-4,6H2,1H3,(H3,7,8,9). The number of hydrogen-bond acceptors (Lipinski definition) is 3. The SMILES string of the molecule is CCN=C(N)NOCCN. The molecule has 5 N–H and O–H groups in total. The minimum atomic E-state index is 0.288. The average Bonchev–Trinajstić information content (AvgIpc) is 1.89. The van der Waals surface area contributed by atoms with Crippen molar-refractivity contribution in [2.75, 3.05) is 19.7 Å². The summed E-state index contributed by atoms with van der Waals surface area (Å²) in [5.74, 6) is 0.288. The summed E-state index contributed by atoms with van der Waals surface area (Å²) < 4.78 is 0. The number of nitrogens with zero attached hydrogens (tertiary/aromatic N) is 1. The van der Waals surface area contributed by atoms with Crippen molar-refractivity contribution in [1.29, 1.82) is 0 Å². The molecule has 0 saturated carbocycles. The monoisotopic (exact) mass is 146 g/mol. The van der Waals surface area contributed by atoms with Crippen LogP contribution in [0.2, 0.25) is 0 Å². The lowest BCUT2D eigenvalue weighted by molar-refractivity contribution is 0.0906. The average molecular weight is 146 g/mol. The Labute approximate surface area is 60.4 Å². The number of rotatable bonds is 4. The highest BCUT2D eigenvalue weighted by Gasteiger charge is 1.86. The van der Waals surface area contributed by atoms with E-state index in [1.165, 1.54) is 0 Å². The molecule has 0 atom stereocenters. The lowest BCUT2D eigenvalue weighted by Crippen LogP contribution is -2.33. The van der Waals surface area contributed by atoms with E-state index in [2.05, 4.69) is 10.5 Å². The molecule has 0 aromatic carbocycles. The first-order valence-electron chi connectivity index (χ1n) is 3.19. The van der Waals surface area contributed by atoms with E-state index in [9.17, 15) is 0 Å².